The van der Waals surface area contributed by atoms with Crippen LogP contribution in [0, 0.1) is 0 Å². The Kier molecular flexibility index (Phi) is 4.37. The molecular weight excluding hydrogens is 240 g/mol. The van der Waals surface area contributed by atoms with Gasteiger partial charge in [-0.25, -0.2) is 9.97 Å². The molecule has 1 aromatic heterocycles. The minimum atomic E-state index is 0.236. The Morgan fingerprint density at radius 1 is 1.53 bits per heavy atom. The van der Waals surface area contributed by atoms with E-state index in [9.17, 15) is 0 Å². The van der Waals surface area contributed by atoms with Gasteiger partial charge in [-0.15, -0.1) is 0 Å². The highest BCUT2D eigenvalue weighted by molar-refractivity contribution is 5.49. The topological polar surface area (TPSA) is 64.3 Å². The molecule has 1 aromatic rings. The van der Waals surface area contributed by atoms with Crippen molar-refractivity contribution in [1.29, 1.82) is 0 Å². The maximum absolute atomic E-state index is 5.84. The van der Waals surface area contributed by atoms with Gasteiger partial charge in [-0.2, -0.15) is 0 Å². The van der Waals surface area contributed by atoms with Crippen LogP contribution in [0.15, 0.2) is 6.20 Å². The monoisotopic (exact) mass is 264 g/mol. The van der Waals surface area contributed by atoms with E-state index >= 15 is 0 Å². The maximum atomic E-state index is 5.84. The SMILES string of the molecule is CC(C)c1ncc(N(C)C2CCOC2C)c(CN)n1. The molecule has 0 bridgehead atoms. The lowest BCUT2D eigenvalue weighted by molar-refractivity contribution is 0.118. The number of aromatic nitrogens is 2. The molecule has 1 aliphatic heterocycles. The second-order valence-electron chi connectivity index (χ2n) is 5.46. The summed E-state index contributed by atoms with van der Waals surface area (Å²) in [6, 6.07) is 0.374. The van der Waals surface area contributed by atoms with Gasteiger partial charge >= 0.3 is 0 Å². The molecule has 2 unspecified atom stereocenters. The van der Waals surface area contributed by atoms with Crippen LogP contribution in [0.4, 0.5) is 5.69 Å². The Labute approximate surface area is 115 Å². The van der Waals surface area contributed by atoms with Crippen molar-refractivity contribution in [2.75, 3.05) is 18.6 Å². The first-order valence-electron chi connectivity index (χ1n) is 6.95. The summed E-state index contributed by atoms with van der Waals surface area (Å²) in [5.74, 6) is 1.17. The molecule has 106 valence electrons. The van der Waals surface area contributed by atoms with Crippen molar-refractivity contribution in [3.63, 3.8) is 0 Å². The zero-order valence-electron chi connectivity index (χ0n) is 12.3. The van der Waals surface area contributed by atoms with Crippen molar-refractivity contribution in [3.05, 3.63) is 17.7 Å². The number of likely N-dealkylation sites (N-methyl/N-ethyl adjacent to an activating group) is 1. The Hall–Kier alpha value is -1.20. The van der Waals surface area contributed by atoms with Crippen molar-refractivity contribution in [3.8, 4) is 0 Å². The fourth-order valence-electron chi connectivity index (χ4n) is 2.56. The molecule has 2 N–H and O–H groups in total. The third-order valence-electron chi connectivity index (χ3n) is 3.79. The lowest BCUT2D eigenvalue weighted by Crippen LogP contribution is -2.37. The maximum Gasteiger partial charge on any atom is 0.131 e. The van der Waals surface area contributed by atoms with Crippen molar-refractivity contribution < 1.29 is 4.74 Å². The number of nitrogens with zero attached hydrogens (tertiary/aromatic N) is 3. The fourth-order valence-corrected chi connectivity index (χ4v) is 2.56. The molecule has 0 radical (unpaired) electrons. The van der Waals surface area contributed by atoms with E-state index in [1.165, 1.54) is 0 Å². The first-order chi connectivity index (χ1) is 9.04. The van der Waals surface area contributed by atoms with Gasteiger partial charge in [-0.1, -0.05) is 13.8 Å². The Morgan fingerprint density at radius 2 is 2.26 bits per heavy atom. The molecule has 5 heteroatoms. The number of ether oxygens (including phenoxy) is 1. The highest BCUT2D eigenvalue weighted by atomic mass is 16.5. The van der Waals surface area contributed by atoms with E-state index in [0.29, 0.717) is 18.5 Å². The van der Waals surface area contributed by atoms with Gasteiger partial charge in [0.15, 0.2) is 0 Å². The second-order valence-corrected chi connectivity index (χ2v) is 5.46. The van der Waals surface area contributed by atoms with Crippen LogP contribution in [0.25, 0.3) is 0 Å². The summed E-state index contributed by atoms with van der Waals surface area (Å²) < 4.78 is 5.63. The predicted octanol–water partition coefficient (Wildman–Crippen LogP) is 1.67. The summed E-state index contributed by atoms with van der Waals surface area (Å²) in [5.41, 5.74) is 7.78. The molecule has 0 aromatic carbocycles. The van der Waals surface area contributed by atoms with Gasteiger partial charge in [0.2, 0.25) is 0 Å². The fraction of sp³-hybridized carbons (Fsp3) is 0.714. The number of hydrogen-bond acceptors (Lipinski definition) is 5. The Bertz CT molecular complexity index is 435. The van der Waals surface area contributed by atoms with Crippen LogP contribution < -0.4 is 10.6 Å². The lowest BCUT2D eigenvalue weighted by atomic mass is 10.1. The van der Waals surface area contributed by atoms with E-state index < -0.39 is 0 Å². The van der Waals surface area contributed by atoms with Crippen LogP contribution >= 0.6 is 0 Å². The predicted molar refractivity (Wildman–Crippen MR) is 76.2 cm³/mol. The smallest absolute Gasteiger partial charge is 0.131 e. The molecule has 0 aliphatic carbocycles. The van der Waals surface area contributed by atoms with E-state index in [2.05, 4.69) is 42.7 Å². The minimum absolute atomic E-state index is 0.236. The molecule has 2 heterocycles. The number of hydrogen-bond donors (Lipinski definition) is 1. The van der Waals surface area contributed by atoms with Gasteiger partial charge < -0.3 is 15.4 Å². The van der Waals surface area contributed by atoms with Gasteiger partial charge in [-0.3, -0.25) is 0 Å². The number of rotatable bonds is 4. The summed E-state index contributed by atoms with van der Waals surface area (Å²) >= 11 is 0. The van der Waals surface area contributed by atoms with E-state index in [1.54, 1.807) is 0 Å². The highest BCUT2D eigenvalue weighted by Gasteiger charge is 2.29. The normalized spacial score (nSPS) is 23.1. The standard InChI is InChI=1S/C14H24N4O/c1-9(2)14-16-8-13(11(7-15)17-14)18(4)12-5-6-19-10(12)3/h8-10,12H,5-7,15H2,1-4H3. The van der Waals surface area contributed by atoms with Gasteiger partial charge in [0.05, 0.1) is 29.7 Å². The third-order valence-corrected chi connectivity index (χ3v) is 3.79. The largest absolute Gasteiger partial charge is 0.376 e. The molecule has 2 atom stereocenters. The average molecular weight is 264 g/mol. The van der Waals surface area contributed by atoms with Crippen molar-refractivity contribution >= 4 is 5.69 Å². The third kappa shape index (κ3) is 2.87. The quantitative estimate of drug-likeness (QED) is 0.896. The summed E-state index contributed by atoms with van der Waals surface area (Å²) in [4.78, 5) is 11.3. The highest BCUT2D eigenvalue weighted by Crippen LogP contribution is 2.26. The molecule has 5 nitrogen and oxygen atoms in total. The van der Waals surface area contributed by atoms with Crippen LogP contribution in [0.5, 0.6) is 0 Å². The molecule has 2 rings (SSSR count). The lowest BCUT2D eigenvalue weighted by Gasteiger charge is -2.29. The van der Waals surface area contributed by atoms with Gasteiger partial charge in [0.1, 0.15) is 5.82 Å². The Balaban J connectivity index is 2.28. The van der Waals surface area contributed by atoms with Gasteiger partial charge in [-0.05, 0) is 13.3 Å². The average Bonchev–Trinajstić information content (AvgIpc) is 2.83. The van der Waals surface area contributed by atoms with E-state index in [-0.39, 0.29) is 6.10 Å². The van der Waals surface area contributed by atoms with Crippen LogP contribution in [0.2, 0.25) is 0 Å². The molecular formula is C14H24N4O. The summed E-state index contributed by atoms with van der Waals surface area (Å²) in [7, 11) is 2.07. The number of nitrogens with two attached hydrogens (primary N) is 1. The molecule has 1 fully saturated rings. The summed E-state index contributed by atoms with van der Waals surface area (Å²) in [6.45, 7) is 7.54. The molecule has 0 spiro atoms. The zero-order chi connectivity index (χ0) is 14.0. The molecule has 1 saturated heterocycles. The zero-order valence-corrected chi connectivity index (χ0v) is 12.3. The van der Waals surface area contributed by atoms with Gasteiger partial charge in [0, 0.05) is 26.1 Å². The van der Waals surface area contributed by atoms with Gasteiger partial charge in [0.25, 0.3) is 0 Å². The second kappa shape index (κ2) is 5.84. The first-order valence-corrected chi connectivity index (χ1v) is 6.95. The van der Waals surface area contributed by atoms with E-state index in [1.807, 2.05) is 6.20 Å². The van der Waals surface area contributed by atoms with Crippen molar-refractivity contribution in [2.24, 2.45) is 5.73 Å². The summed E-state index contributed by atoms with van der Waals surface area (Å²) in [5, 5.41) is 0. The number of anilines is 1. The summed E-state index contributed by atoms with van der Waals surface area (Å²) in [6.07, 6.45) is 3.17. The van der Waals surface area contributed by atoms with Crippen molar-refractivity contribution in [2.45, 2.75) is 51.8 Å². The van der Waals surface area contributed by atoms with Crippen LogP contribution in [0.3, 0.4) is 0 Å². The van der Waals surface area contributed by atoms with E-state index in [0.717, 1.165) is 30.2 Å². The first kappa shape index (κ1) is 14.2. The minimum Gasteiger partial charge on any atom is -0.376 e. The molecule has 0 amide bonds. The molecule has 0 saturated carbocycles. The van der Waals surface area contributed by atoms with E-state index in [4.69, 9.17) is 10.5 Å². The Morgan fingerprint density at radius 3 is 2.79 bits per heavy atom. The van der Waals surface area contributed by atoms with Crippen LogP contribution in [0.1, 0.15) is 44.6 Å². The van der Waals surface area contributed by atoms with Crippen molar-refractivity contribution in [1.82, 2.24) is 9.97 Å². The van der Waals surface area contributed by atoms with Crippen LogP contribution in [-0.2, 0) is 11.3 Å². The molecule has 19 heavy (non-hydrogen) atoms. The van der Waals surface area contributed by atoms with Crippen LogP contribution in [-0.4, -0.2) is 35.8 Å². The molecule has 1 aliphatic rings.